The summed E-state index contributed by atoms with van der Waals surface area (Å²) in [4.78, 5) is 25.2. The zero-order valence-corrected chi connectivity index (χ0v) is 26.7. The highest BCUT2D eigenvalue weighted by molar-refractivity contribution is 5.75. The first-order valence-electron chi connectivity index (χ1n) is 16.2. The van der Waals surface area contributed by atoms with Gasteiger partial charge in [0.25, 0.3) is 0 Å². The highest BCUT2D eigenvalue weighted by atomic mass is 16.5. The molecule has 1 fully saturated rings. The van der Waals surface area contributed by atoms with E-state index in [1.54, 1.807) is 0 Å². The van der Waals surface area contributed by atoms with E-state index in [1.807, 2.05) is 0 Å². The molecule has 224 valence electrons. The van der Waals surface area contributed by atoms with E-state index >= 15 is 0 Å². The molecule has 0 spiro atoms. The largest absolute Gasteiger partial charge is 0.465 e. The van der Waals surface area contributed by atoms with Crippen LogP contribution in [-0.4, -0.2) is 25.2 Å². The molecule has 0 N–H and O–H groups in total. The van der Waals surface area contributed by atoms with Crippen molar-refractivity contribution in [3.05, 3.63) is 0 Å². The molecular formula is C34H64O4. The third kappa shape index (κ3) is 15.5. The molecule has 0 radical (unpaired) electrons. The number of hydrogen-bond acceptors (Lipinski definition) is 4. The van der Waals surface area contributed by atoms with Gasteiger partial charge >= 0.3 is 11.9 Å². The van der Waals surface area contributed by atoms with Crippen molar-refractivity contribution in [2.24, 2.45) is 34.5 Å². The molecule has 2 atom stereocenters. The Labute approximate surface area is 236 Å². The van der Waals surface area contributed by atoms with Gasteiger partial charge in [0.05, 0.1) is 25.0 Å². The fraction of sp³-hybridized carbons (Fsp3) is 0.941. The molecule has 4 nitrogen and oxygen atoms in total. The number of ether oxygens (including phenoxy) is 2. The Morgan fingerprint density at radius 2 is 1.00 bits per heavy atom. The van der Waals surface area contributed by atoms with E-state index in [9.17, 15) is 9.59 Å². The molecule has 1 rings (SSSR count). The van der Waals surface area contributed by atoms with Crippen LogP contribution in [0, 0.1) is 34.5 Å². The molecule has 2 unspecified atom stereocenters. The second-order valence-electron chi connectivity index (χ2n) is 14.3. The van der Waals surface area contributed by atoms with Gasteiger partial charge in [0.1, 0.15) is 0 Å². The quantitative estimate of drug-likeness (QED) is 0.115. The van der Waals surface area contributed by atoms with Crippen molar-refractivity contribution < 1.29 is 19.1 Å². The summed E-state index contributed by atoms with van der Waals surface area (Å²) >= 11 is 0. The zero-order chi connectivity index (χ0) is 28.6. The number of carbonyl (C=O) groups excluding carboxylic acids is 2. The van der Waals surface area contributed by atoms with Gasteiger partial charge < -0.3 is 9.47 Å². The van der Waals surface area contributed by atoms with E-state index in [0.29, 0.717) is 35.9 Å². The SMILES string of the molecule is CCCCCC(C)(C)CC(C)CCOC(=O)C1CCC(C(=O)OCCC(C)CC(C)(C)CCCCC)CC1. The molecule has 38 heavy (non-hydrogen) atoms. The Morgan fingerprint density at radius 1 is 0.658 bits per heavy atom. The maximum Gasteiger partial charge on any atom is 0.308 e. The molecule has 1 saturated carbocycles. The second kappa shape index (κ2) is 18.3. The first-order valence-corrected chi connectivity index (χ1v) is 16.2. The van der Waals surface area contributed by atoms with Crippen LogP contribution < -0.4 is 0 Å². The Bertz CT molecular complexity index is 589. The summed E-state index contributed by atoms with van der Waals surface area (Å²) in [5.41, 5.74) is 0.711. The third-order valence-electron chi connectivity index (χ3n) is 8.82. The van der Waals surface area contributed by atoms with Crippen LogP contribution >= 0.6 is 0 Å². The molecule has 1 aliphatic rings. The van der Waals surface area contributed by atoms with E-state index in [-0.39, 0.29) is 23.8 Å². The number of hydrogen-bond donors (Lipinski definition) is 0. The lowest BCUT2D eigenvalue weighted by Gasteiger charge is -2.29. The minimum atomic E-state index is -0.0680. The number of esters is 2. The van der Waals surface area contributed by atoms with Crippen LogP contribution in [0.1, 0.15) is 158 Å². The highest BCUT2D eigenvalue weighted by Gasteiger charge is 2.32. The standard InChI is InChI=1S/C34H64O4/c1-9-11-13-21-33(5,6)25-27(3)19-23-37-31(35)29-15-17-30(18-16-29)32(36)38-24-20-28(4)26-34(7,8)22-14-12-10-2/h27-30H,9-26H2,1-8H3. The van der Waals surface area contributed by atoms with Crippen LogP contribution in [-0.2, 0) is 19.1 Å². The summed E-state index contributed by atoms with van der Waals surface area (Å²) in [6.45, 7) is 19.6. The summed E-state index contributed by atoms with van der Waals surface area (Å²) in [5.74, 6) is 0.854. The second-order valence-corrected chi connectivity index (χ2v) is 14.3. The van der Waals surface area contributed by atoms with E-state index in [2.05, 4.69) is 55.4 Å². The minimum absolute atomic E-state index is 0.0604. The summed E-state index contributed by atoms with van der Waals surface area (Å²) < 4.78 is 11.3. The predicted octanol–water partition coefficient (Wildman–Crippen LogP) is 9.92. The molecule has 0 saturated heterocycles. The zero-order valence-electron chi connectivity index (χ0n) is 26.7. The highest BCUT2D eigenvalue weighted by Crippen LogP contribution is 2.34. The van der Waals surface area contributed by atoms with Crippen LogP contribution in [0.15, 0.2) is 0 Å². The van der Waals surface area contributed by atoms with Crippen LogP contribution in [0.2, 0.25) is 0 Å². The van der Waals surface area contributed by atoms with Gasteiger partial charge in [-0.1, -0.05) is 93.9 Å². The third-order valence-corrected chi connectivity index (χ3v) is 8.82. The molecule has 0 aromatic rings. The average Bonchev–Trinajstić information content (AvgIpc) is 2.83. The molecule has 1 aliphatic carbocycles. The Morgan fingerprint density at radius 3 is 1.32 bits per heavy atom. The van der Waals surface area contributed by atoms with E-state index < -0.39 is 0 Å². The van der Waals surface area contributed by atoms with Crippen molar-refractivity contribution in [1.82, 2.24) is 0 Å². The van der Waals surface area contributed by atoms with Gasteiger partial charge in [-0.2, -0.15) is 0 Å². The minimum Gasteiger partial charge on any atom is -0.465 e. The molecule has 0 bridgehead atoms. The maximum absolute atomic E-state index is 12.6. The fourth-order valence-corrected chi connectivity index (χ4v) is 6.52. The summed E-state index contributed by atoms with van der Waals surface area (Å²) in [6.07, 6.45) is 17.5. The summed E-state index contributed by atoms with van der Waals surface area (Å²) in [7, 11) is 0. The monoisotopic (exact) mass is 536 g/mol. The van der Waals surface area contributed by atoms with Gasteiger partial charge in [0.2, 0.25) is 0 Å². The number of carbonyl (C=O) groups is 2. The molecule has 0 heterocycles. The van der Waals surface area contributed by atoms with Gasteiger partial charge in [0, 0.05) is 0 Å². The lowest BCUT2D eigenvalue weighted by atomic mass is 9.78. The number of unbranched alkanes of at least 4 members (excludes halogenated alkanes) is 4. The average molecular weight is 537 g/mol. The first kappa shape index (κ1) is 35.0. The predicted molar refractivity (Wildman–Crippen MR) is 160 cm³/mol. The van der Waals surface area contributed by atoms with Gasteiger partial charge in [-0.15, -0.1) is 0 Å². The molecule has 0 amide bonds. The Balaban J connectivity index is 2.23. The Hall–Kier alpha value is -1.06. The summed E-state index contributed by atoms with van der Waals surface area (Å²) in [6, 6.07) is 0. The topological polar surface area (TPSA) is 52.6 Å². The smallest absolute Gasteiger partial charge is 0.308 e. The summed E-state index contributed by atoms with van der Waals surface area (Å²) in [5, 5.41) is 0. The van der Waals surface area contributed by atoms with Crippen LogP contribution in [0.3, 0.4) is 0 Å². The van der Waals surface area contributed by atoms with Crippen molar-refractivity contribution in [3.8, 4) is 0 Å². The molecule has 0 aliphatic heterocycles. The molecule has 0 aromatic heterocycles. The van der Waals surface area contributed by atoms with E-state index in [1.165, 1.54) is 64.2 Å². The number of rotatable bonds is 20. The fourth-order valence-electron chi connectivity index (χ4n) is 6.52. The van der Waals surface area contributed by atoms with Crippen molar-refractivity contribution >= 4 is 11.9 Å². The molecule has 0 aromatic carbocycles. The van der Waals surface area contributed by atoms with E-state index in [4.69, 9.17) is 9.47 Å². The van der Waals surface area contributed by atoms with Crippen LogP contribution in [0.25, 0.3) is 0 Å². The normalized spacial score (nSPS) is 20.1. The van der Waals surface area contributed by atoms with Crippen molar-refractivity contribution in [3.63, 3.8) is 0 Å². The van der Waals surface area contributed by atoms with Gasteiger partial charge in [0.15, 0.2) is 0 Å². The van der Waals surface area contributed by atoms with Gasteiger partial charge in [-0.25, -0.2) is 0 Å². The lowest BCUT2D eigenvalue weighted by Crippen LogP contribution is -2.29. The van der Waals surface area contributed by atoms with Crippen molar-refractivity contribution in [1.29, 1.82) is 0 Å². The van der Waals surface area contributed by atoms with Crippen LogP contribution in [0.4, 0.5) is 0 Å². The van der Waals surface area contributed by atoms with Gasteiger partial charge in [-0.3, -0.25) is 9.59 Å². The van der Waals surface area contributed by atoms with Crippen molar-refractivity contribution in [2.75, 3.05) is 13.2 Å². The lowest BCUT2D eigenvalue weighted by molar-refractivity contribution is -0.155. The Kier molecular flexibility index (Phi) is 16.9. The first-order chi connectivity index (χ1) is 17.9. The van der Waals surface area contributed by atoms with E-state index in [0.717, 1.165) is 38.5 Å². The van der Waals surface area contributed by atoms with Crippen LogP contribution in [0.5, 0.6) is 0 Å². The van der Waals surface area contributed by atoms with Gasteiger partial charge in [-0.05, 0) is 86.9 Å². The molecular weight excluding hydrogens is 472 g/mol. The molecule has 4 heteroatoms. The van der Waals surface area contributed by atoms with Crippen molar-refractivity contribution in [2.45, 2.75) is 158 Å². The maximum atomic E-state index is 12.6.